The van der Waals surface area contributed by atoms with E-state index in [0.29, 0.717) is 0 Å². The maximum atomic E-state index is 6.05. The highest BCUT2D eigenvalue weighted by Gasteiger charge is 2.11. The monoisotopic (exact) mass is 598 g/mol. The van der Waals surface area contributed by atoms with Crippen molar-refractivity contribution in [2.45, 2.75) is 13.8 Å². The lowest BCUT2D eigenvalue weighted by molar-refractivity contribution is 1.43. The smallest absolute Gasteiger partial charge is 0.0730 e. The molecule has 0 aliphatic heterocycles. The summed E-state index contributed by atoms with van der Waals surface area (Å²) in [7, 11) is 0. The number of rotatable bonds is 4. The normalized spacial score (nSPS) is 11.0. The largest absolute Gasteiger partial charge is 0.399 e. The molecule has 0 radical (unpaired) electrons. The number of nitrogens with two attached hydrogens (primary N) is 2. The van der Waals surface area contributed by atoms with Crippen LogP contribution < -0.4 is 22.1 Å². The second kappa shape index (κ2) is 12.1. The van der Waals surface area contributed by atoms with Crippen LogP contribution in [0.15, 0.2) is 133 Å². The third-order valence-electron chi connectivity index (χ3n) is 8.25. The molecule has 0 atom stereocenters. The van der Waals surface area contributed by atoms with E-state index in [-0.39, 0.29) is 0 Å². The lowest BCUT2D eigenvalue weighted by atomic mass is 10.1. The number of pyridine rings is 2. The lowest BCUT2D eigenvalue weighted by Crippen LogP contribution is -1.98. The number of para-hydroxylation sites is 4. The summed E-state index contributed by atoms with van der Waals surface area (Å²) in [5.41, 5.74) is 23.8. The number of hydrogen-bond donors (Lipinski definition) is 4. The SMILES string of the molecule is Cc1ccc(N)cc1Nc1c2ccccc2nc2ccccc12.Cc1ccc(Nc2c3ccccc3nc3ccccc23)cc1N. The van der Waals surface area contributed by atoms with Crippen LogP contribution in [-0.4, -0.2) is 9.97 Å². The number of nitrogens with one attached hydrogen (secondary N) is 2. The fourth-order valence-electron chi connectivity index (χ4n) is 5.72. The molecule has 0 aliphatic carbocycles. The number of benzene rings is 6. The van der Waals surface area contributed by atoms with Gasteiger partial charge in [-0.1, -0.05) is 84.9 Å². The Kier molecular flexibility index (Phi) is 7.53. The summed E-state index contributed by atoms with van der Waals surface area (Å²) in [6.07, 6.45) is 0. The van der Waals surface area contributed by atoms with Crippen LogP contribution in [0.2, 0.25) is 0 Å². The van der Waals surface area contributed by atoms with E-state index in [0.717, 1.165) is 88.9 Å². The van der Waals surface area contributed by atoms with Crippen LogP contribution in [0.3, 0.4) is 0 Å². The van der Waals surface area contributed by atoms with E-state index in [4.69, 9.17) is 21.4 Å². The van der Waals surface area contributed by atoms with Gasteiger partial charge in [-0.25, -0.2) is 9.97 Å². The molecular weight excluding hydrogens is 564 g/mol. The van der Waals surface area contributed by atoms with Crippen molar-refractivity contribution < 1.29 is 0 Å². The predicted octanol–water partition coefficient (Wildman–Crippen LogP) is 10.0. The number of anilines is 6. The van der Waals surface area contributed by atoms with Crippen LogP contribution >= 0.6 is 0 Å². The van der Waals surface area contributed by atoms with Gasteiger partial charge < -0.3 is 22.1 Å². The molecule has 0 saturated heterocycles. The van der Waals surface area contributed by atoms with E-state index in [2.05, 4.69) is 47.9 Å². The first-order valence-corrected chi connectivity index (χ1v) is 15.3. The van der Waals surface area contributed by atoms with Gasteiger partial charge in [0.1, 0.15) is 0 Å². The Morgan fingerprint density at radius 1 is 0.457 bits per heavy atom. The quantitative estimate of drug-likeness (QED) is 0.119. The van der Waals surface area contributed by atoms with Crippen LogP contribution in [0.25, 0.3) is 43.6 Å². The van der Waals surface area contributed by atoms with Gasteiger partial charge in [0.25, 0.3) is 0 Å². The summed E-state index contributed by atoms with van der Waals surface area (Å²) < 4.78 is 0. The molecule has 8 aromatic rings. The molecule has 0 spiro atoms. The van der Waals surface area contributed by atoms with Gasteiger partial charge in [-0.2, -0.15) is 0 Å². The zero-order chi connectivity index (χ0) is 31.6. The summed E-state index contributed by atoms with van der Waals surface area (Å²) in [6, 6.07) is 44.7. The van der Waals surface area contributed by atoms with E-state index in [9.17, 15) is 0 Å². The summed E-state index contributed by atoms with van der Waals surface area (Å²) in [6.45, 7) is 4.09. The van der Waals surface area contributed by atoms with E-state index in [1.165, 1.54) is 0 Å². The van der Waals surface area contributed by atoms with Gasteiger partial charge in [-0.3, -0.25) is 0 Å². The highest BCUT2D eigenvalue weighted by Crippen LogP contribution is 2.35. The fraction of sp³-hybridized carbons (Fsp3) is 0.0500. The minimum Gasteiger partial charge on any atom is -0.399 e. The average molecular weight is 599 g/mol. The van der Waals surface area contributed by atoms with Crippen molar-refractivity contribution in [1.29, 1.82) is 0 Å². The van der Waals surface area contributed by atoms with Crippen LogP contribution in [0.4, 0.5) is 34.1 Å². The first-order chi connectivity index (χ1) is 22.4. The second-order valence-electron chi connectivity index (χ2n) is 11.4. The van der Waals surface area contributed by atoms with E-state index >= 15 is 0 Å². The Morgan fingerprint density at radius 2 is 0.891 bits per heavy atom. The van der Waals surface area contributed by atoms with Gasteiger partial charge in [-0.05, 0) is 73.5 Å². The predicted molar refractivity (Wildman–Crippen MR) is 196 cm³/mol. The van der Waals surface area contributed by atoms with Crippen LogP contribution in [0, 0.1) is 13.8 Å². The first kappa shape index (κ1) is 28.6. The van der Waals surface area contributed by atoms with E-state index < -0.39 is 0 Å². The Morgan fingerprint density at radius 3 is 1.37 bits per heavy atom. The minimum atomic E-state index is 0.751. The third-order valence-corrected chi connectivity index (χ3v) is 8.25. The number of hydrogen-bond acceptors (Lipinski definition) is 6. The molecule has 0 bridgehead atoms. The van der Waals surface area contributed by atoms with Crippen molar-refractivity contribution in [3.05, 3.63) is 145 Å². The van der Waals surface area contributed by atoms with Gasteiger partial charge in [-0.15, -0.1) is 0 Å². The van der Waals surface area contributed by atoms with Crippen molar-refractivity contribution in [3.63, 3.8) is 0 Å². The molecule has 8 rings (SSSR count). The molecule has 6 aromatic carbocycles. The summed E-state index contributed by atoms with van der Waals surface area (Å²) in [4.78, 5) is 9.50. The molecule has 0 unspecified atom stereocenters. The highest BCUT2D eigenvalue weighted by molar-refractivity contribution is 6.09. The molecule has 6 heteroatoms. The van der Waals surface area contributed by atoms with Gasteiger partial charge in [0.15, 0.2) is 0 Å². The molecule has 0 amide bonds. The molecule has 2 heterocycles. The zero-order valence-corrected chi connectivity index (χ0v) is 25.8. The van der Waals surface area contributed by atoms with Crippen molar-refractivity contribution in [3.8, 4) is 0 Å². The topological polar surface area (TPSA) is 102 Å². The maximum absolute atomic E-state index is 6.05. The minimum absolute atomic E-state index is 0.751. The highest BCUT2D eigenvalue weighted by atomic mass is 14.9. The van der Waals surface area contributed by atoms with Crippen molar-refractivity contribution >= 4 is 77.7 Å². The van der Waals surface area contributed by atoms with Crippen molar-refractivity contribution in [2.75, 3.05) is 22.1 Å². The summed E-state index contributed by atoms with van der Waals surface area (Å²) >= 11 is 0. The molecule has 0 fully saturated rings. The van der Waals surface area contributed by atoms with Crippen LogP contribution in [-0.2, 0) is 0 Å². The Bertz CT molecular complexity index is 2270. The molecule has 0 aliphatic rings. The number of nitrogen functional groups attached to an aromatic ring is 2. The van der Waals surface area contributed by atoms with E-state index in [1.807, 2.05) is 110 Å². The van der Waals surface area contributed by atoms with Crippen LogP contribution in [0.1, 0.15) is 11.1 Å². The Labute approximate surface area is 267 Å². The molecule has 0 saturated carbocycles. The van der Waals surface area contributed by atoms with Gasteiger partial charge >= 0.3 is 0 Å². The Hall–Kier alpha value is -6.14. The van der Waals surface area contributed by atoms with Gasteiger partial charge in [0.2, 0.25) is 0 Å². The van der Waals surface area contributed by atoms with Crippen molar-refractivity contribution in [2.24, 2.45) is 0 Å². The van der Waals surface area contributed by atoms with Crippen molar-refractivity contribution in [1.82, 2.24) is 9.97 Å². The maximum Gasteiger partial charge on any atom is 0.0730 e. The molecule has 6 N–H and O–H groups in total. The lowest BCUT2D eigenvalue weighted by Gasteiger charge is -2.15. The molecule has 2 aromatic heterocycles. The number of aromatic nitrogens is 2. The average Bonchev–Trinajstić information content (AvgIpc) is 3.08. The summed E-state index contributed by atoms with van der Waals surface area (Å²) in [5.74, 6) is 0. The van der Waals surface area contributed by atoms with E-state index in [1.54, 1.807) is 0 Å². The summed E-state index contributed by atoms with van der Waals surface area (Å²) in [5, 5.41) is 11.5. The number of aryl methyl sites for hydroxylation is 2. The zero-order valence-electron chi connectivity index (χ0n) is 25.8. The molecular formula is C40H34N6. The van der Waals surface area contributed by atoms with Crippen LogP contribution in [0.5, 0.6) is 0 Å². The molecule has 46 heavy (non-hydrogen) atoms. The fourth-order valence-corrected chi connectivity index (χ4v) is 5.72. The standard InChI is InChI=1S/2C20H17N3/c1-13-10-11-14(12-17(13)21)22-20-15-6-2-4-8-18(15)23-19-9-5-3-7-16(19)20;1-13-10-11-14(21)12-19(13)23-20-15-6-2-4-8-17(15)22-18-9-5-3-7-16(18)20/h2*2-12H,21H2,1H3,(H,22,23). The molecule has 6 nitrogen and oxygen atoms in total. The van der Waals surface area contributed by atoms with Gasteiger partial charge in [0.05, 0.1) is 33.4 Å². The Balaban J connectivity index is 0.000000147. The van der Waals surface area contributed by atoms with Gasteiger partial charge in [0, 0.05) is 44.3 Å². The second-order valence-corrected chi connectivity index (χ2v) is 11.4. The molecule has 224 valence electrons. The number of nitrogens with zero attached hydrogens (tertiary/aromatic N) is 2. The number of fused-ring (bicyclic) bond motifs is 4. The first-order valence-electron chi connectivity index (χ1n) is 15.3. The third kappa shape index (κ3) is 5.60.